The third kappa shape index (κ3) is 2.65. The zero-order chi connectivity index (χ0) is 16.7. The lowest BCUT2D eigenvalue weighted by atomic mass is 10.1. The van der Waals surface area contributed by atoms with Gasteiger partial charge in [0.15, 0.2) is 10.8 Å². The monoisotopic (exact) mass is 341 g/mol. The number of anilines is 1. The zero-order valence-electron chi connectivity index (χ0n) is 13.7. The molecule has 0 unspecified atom stereocenters. The summed E-state index contributed by atoms with van der Waals surface area (Å²) in [7, 11) is 0. The number of carbonyl (C=O) groups is 1. The molecule has 1 aliphatic heterocycles. The summed E-state index contributed by atoms with van der Waals surface area (Å²) >= 11 is 1.66. The van der Waals surface area contributed by atoms with Crippen LogP contribution in [0.25, 0.3) is 10.9 Å². The van der Waals surface area contributed by atoms with Crippen LogP contribution in [0.2, 0.25) is 0 Å². The number of piperazine rings is 1. The van der Waals surface area contributed by atoms with E-state index in [0.29, 0.717) is 18.8 Å². The van der Waals surface area contributed by atoms with Crippen LogP contribution < -0.4 is 4.90 Å². The van der Waals surface area contributed by atoms with Crippen LogP contribution in [0, 0.1) is 13.8 Å². The van der Waals surface area contributed by atoms with Crippen LogP contribution in [0.5, 0.6) is 0 Å². The summed E-state index contributed by atoms with van der Waals surface area (Å²) < 4.78 is 0. The third-order valence-corrected chi connectivity index (χ3v) is 5.38. The van der Waals surface area contributed by atoms with Crippen LogP contribution in [-0.2, 0) is 0 Å². The Morgan fingerprint density at radius 2 is 2.00 bits per heavy atom. The van der Waals surface area contributed by atoms with Crippen LogP contribution in [0.3, 0.4) is 0 Å². The van der Waals surface area contributed by atoms with Gasteiger partial charge in [-0.3, -0.25) is 9.89 Å². The fraction of sp³-hybridized carbons (Fsp3) is 0.353. The van der Waals surface area contributed by atoms with Crippen molar-refractivity contribution in [3.8, 4) is 0 Å². The molecule has 3 heterocycles. The number of hydrogen-bond donors (Lipinski definition) is 1. The Morgan fingerprint density at radius 1 is 1.21 bits per heavy atom. The maximum absolute atomic E-state index is 12.8. The molecule has 1 amide bonds. The third-order valence-electron chi connectivity index (χ3n) is 4.37. The number of aromatic nitrogens is 3. The molecule has 124 valence electrons. The van der Waals surface area contributed by atoms with Crippen molar-refractivity contribution < 1.29 is 4.79 Å². The predicted octanol–water partition coefficient (Wildman–Crippen LogP) is 2.60. The Morgan fingerprint density at radius 3 is 2.71 bits per heavy atom. The minimum absolute atomic E-state index is 0.00168. The van der Waals surface area contributed by atoms with Gasteiger partial charge in [0, 0.05) is 36.9 Å². The molecule has 1 aromatic carbocycles. The standard InChI is InChI=1S/C17H19N5OS/c1-11-3-4-14-13(9-11)15(20-19-14)16(23)21-5-7-22(8-6-21)17-18-12(2)10-24-17/h3-4,9-10H,5-8H2,1-2H3,(H,19,20). The van der Waals surface area contributed by atoms with Gasteiger partial charge in [-0.25, -0.2) is 4.98 Å². The van der Waals surface area contributed by atoms with E-state index in [1.165, 1.54) is 0 Å². The minimum atomic E-state index is 0.00168. The van der Waals surface area contributed by atoms with Crippen molar-refractivity contribution in [3.05, 3.63) is 40.5 Å². The van der Waals surface area contributed by atoms with Gasteiger partial charge in [0.05, 0.1) is 11.2 Å². The summed E-state index contributed by atoms with van der Waals surface area (Å²) in [6, 6.07) is 6.00. The number of amides is 1. The van der Waals surface area contributed by atoms with Gasteiger partial charge in [0.2, 0.25) is 0 Å². The van der Waals surface area contributed by atoms with Gasteiger partial charge in [-0.2, -0.15) is 5.10 Å². The average molecular weight is 341 g/mol. The molecule has 1 fully saturated rings. The molecular formula is C17H19N5OS. The molecule has 4 rings (SSSR count). The SMILES string of the molecule is Cc1ccc2[nH]nc(C(=O)N3CCN(c4nc(C)cs4)CC3)c2c1. The van der Waals surface area contributed by atoms with E-state index in [4.69, 9.17) is 0 Å². The van der Waals surface area contributed by atoms with Gasteiger partial charge in [0.1, 0.15) is 0 Å². The minimum Gasteiger partial charge on any atom is -0.345 e. The maximum atomic E-state index is 12.8. The molecule has 0 bridgehead atoms. The summed E-state index contributed by atoms with van der Waals surface area (Å²) in [6.07, 6.45) is 0. The predicted molar refractivity (Wildman–Crippen MR) is 95.8 cm³/mol. The fourth-order valence-electron chi connectivity index (χ4n) is 3.03. The van der Waals surface area contributed by atoms with Crippen molar-refractivity contribution in [3.63, 3.8) is 0 Å². The second-order valence-electron chi connectivity index (χ2n) is 6.17. The number of hydrogen-bond acceptors (Lipinski definition) is 5. The molecule has 1 aliphatic rings. The van der Waals surface area contributed by atoms with Crippen molar-refractivity contribution in [2.75, 3.05) is 31.1 Å². The zero-order valence-corrected chi connectivity index (χ0v) is 14.6. The van der Waals surface area contributed by atoms with E-state index in [1.807, 2.05) is 36.9 Å². The highest BCUT2D eigenvalue weighted by molar-refractivity contribution is 7.13. The topological polar surface area (TPSA) is 65.1 Å². The molecule has 0 spiro atoms. The van der Waals surface area contributed by atoms with Crippen molar-refractivity contribution in [2.45, 2.75) is 13.8 Å². The Bertz CT molecular complexity index is 891. The first-order valence-corrected chi connectivity index (χ1v) is 8.91. The highest BCUT2D eigenvalue weighted by atomic mass is 32.1. The first kappa shape index (κ1) is 15.1. The van der Waals surface area contributed by atoms with E-state index in [2.05, 4.69) is 25.5 Å². The van der Waals surface area contributed by atoms with Crippen molar-refractivity contribution in [2.24, 2.45) is 0 Å². The quantitative estimate of drug-likeness (QED) is 0.778. The van der Waals surface area contributed by atoms with Crippen LogP contribution in [0.1, 0.15) is 21.7 Å². The van der Waals surface area contributed by atoms with Gasteiger partial charge in [0.25, 0.3) is 5.91 Å². The first-order chi connectivity index (χ1) is 11.6. The molecule has 0 aliphatic carbocycles. The molecule has 1 saturated heterocycles. The lowest BCUT2D eigenvalue weighted by molar-refractivity contribution is 0.0742. The van der Waals surface area contributed by atoms with Crippen LogP contribution in [0.4, 0.5) is 5.13 Å². The van der Waals surface area contributed by atoms with Crippen molar-refractivity contribution in [1.82, 2.24) is 20.1 Å². The number of H-pyrrole nitrogens is 1. The molecule has 0 saturated carbocycles. The molecular weight excluding hydrogens is 322 g/mol. The Hall–Kier alpha value is -2.41. The van der Waals surface area contributed by atoms with E-state index in [1.54, 1.807) is 11.3 Å². The van der Waals surface area contributed by atoms with Crippen molar-refractivity contribution >= 4 is 33.3 Å². The fourth-order valence-corrected chi connectivity index (χ4v) is 3.89. The highest BCUT2D eigenvalue weighted by Gasteiger charge is 2.26. The second-order valence-corrected chi connectivity index (χ2v) is 7.01. The number of fused-ring (bicyclic) bond motifs is 1. The smallest absolute Gasteiger partial charge is 0.275 e. The molecule has 0 radical (unpaired) electrons. The Labute approximate surface area is 144 Å². The number of rotatable bonds is 2. The lowest BCUT2D eigenvalue weighted by Gasteiger charge is -2.34. The summed E-state index contributed by atoms with van der Waals surface area (Å²) in [4.78, 5) is 21.5. The van der Waals surface area contributed by atoms with E-state index in [-0.39, 0.29) is 5.91 Å². The second kappa shape index (κ2) is 5.90. The van der Waals surface area contributed by atoms with Crippen molar-refractivity contribution in [1.29, 1.82) is 0 Å². The Balaban J connectivity index is 1.50. The van der Waals surface area contributed by atoms with Gasteiger partial charge in [-0.1, -0.05) is 11.6 Å². The van der Waals surface area contributed by atoms with Gasteiger partial charge in [-0.15, -0.1) is 11.3 Å². The van der Waals surface area contributed by atoms with E-state index >= 15 is 0 Å². The van der Waals surface area contributed by atoms with Crippen LogP contribution in [0.15, 0.2) is 23.6 Å². The van der Waals surface area contributed by atoms with E-state index in [0.717, 1.165) is 40.4 Å². The van der Waals surface area contributed by atoms with Crippen LogP contribution in [-0.4, -0.2) is 52.2 Å². The largest absolute Gasteiger partial charge is 0.345 e. The molecule has 2 aromatic heterocycles. The number of aromatic amines is 1. The van der Waals surface area contributed by atoms with Gasteiger partial charge >= 0.3 is 0 Å². The normalized spacial score (nSPS) is 15.2. The lowest BCUT2D eigenvalue weighted by Crippen LogP contribution is -2.48. The van der Waals surface area contributed by atoms with E-state index < -0.39 is 0 Å². The Kier molecular flexibility index (Phi) is 3.72. The maximum Gasteiger partial charge on any atom is 0.275 e. The molecule has 7 heteroatoms. The molecule has 3 aromatic rings. The number of nitrogens with zero attached hydrogens (tertiary/aromatic N) is 4. The number of nitrogens with one attached hydrogen (secondary N) is 1. The summed E-state index contributed by atoms with van der Waals surface area (Å²) in [6.45, 7) is 7.02. The first-order valence-electron chi connectivity index (χ1n) is 8.03. The van der Waals surface area contributed by atoms with Gasteiger partial charge in [-0.05, 0) is 26.0 Å². The van der Waals surface area contributed by atoms with E-state index in [9.17, 15) is 4.79 Å². The number of thiazole rings is 1. The molecule has 0 atom stereocenters. The number of benzene rings is 1. The molecule has 24 heavy (non-hydrogen) atoms. The molecule has 1 N–H and O–H groups in total. The summed E-state index contributed by atoms with van der Waals surface area (Å²) in [5, 5.41) is 11.2. The van der Waals surface area contributed by atoms with Gasteiger partial charge < -0.3 is 9.80 Å². The average Bonchev–Trinajstić information content (AvgIpc) is 3.20. The molecule has 6 nitrogen and oxygen atoms in total. The number of aryl methyl sites for hydroxylation is 2. The highest BCUT2D eigenvalue weighted by Crippen LogP contribution is 2.23. The van der Waals surface area contributed by atoms with Crippen LogP contribution >= 0.6 is 11.3 Å². The number of carbonyl (C=O) groups excluding carboxylic acids is 1. The summed E-state index contributed by atoms with van der Waals surface area (Å²) in [5.41, 5.74) is 3.60. The summed E-state index contributed by atoms with van der Waals surface area (Å²) in [5.74, 6) is 0.00168.